The first kappa shape index (κ1) is 11.7. The molecule has 1 aliphatic carbocycles. The minimum atomic E-state index is 0.154. The van der Waals surface area contributed by atoms with Gasteiger partial charge in [-0.2, -0.15) is 5.26 Å². The number of carbonyl (C=O) groups excluding carboxylic acids is 1. The van der Waals surface area contributed by atoms with E-state index >= 15 is 0 Å². The summed E-state index contributed by atoms with van der Waals surface area (Å²) in [6.07, 6.45) is 2.94. The van der Waals surface area contributed by atoms with Crippen molar-refractivity contribution in [2.24, 2.45) is 5.92 Å². The number of amides is 1. The van der Waals surface area contributed by atoms with Gasteiger partial charge in [0.15, 0.2) is 0 Å². The van der Waals surface area contributed by atoms with Gasteiger partial charge in [0.1, 0.15) is 0 Å². The highest BCUT2D eigenvalue weighted by Crippen LogP contribution is 2.29. The molecule has 0 N–H and O–H groups in total. The largest absolute Gasteiger partial charge is 0.345 e. The van der Waals surface area contributed by atoms with Gasteiger partial charge in [-0.25, -0.2) is 0 Å². The van der Waals surface area contributed by atoms with Gasteiger partial charge in [0.05, 0.1) is 18.1 Å². The van der Waals surface area contributed by atoms with Crippen LogP contribution < -0.4 is 0 Å². The van der Waals surface area contributed by atoms with E-state index in [9.17, 15) is 4.79 Å². The van der Waals surface area contributed by atoms with Crippen LogP contribution in [0, 0.1) is 17.2 Å². The molecule has 1 amide bonds. The molecule has 88 valence electrons. The van der Waals surface area contributed by atoms with Crippen LogP contribution in [0.25, 0.3) is 0 Å². The third-order valence-corrected chi connectivity index (χ3v) is 3.09. The first-order valence-electron chi connectivity index (χ1n) is 5.92. The highest BCUT2D eigenvalue weighted by molar-refractivity contribution is 5.78. The summed E-state index contributed by atoms with van der Waals surface area (Å²) in [6, 6.07) is 9.27. The van der Waals surface area contributed by atoms with Crippen LogP contribution in [0.3, 0.4) is 0 Å². The second kappa shape index (κ2) is 5.01. The summed E-state index contributed by atoms with van der Waals surface area (Å²) in [5.74, 6) is 0.881. The molecule has 0 aliphatic heterocycles. The lowest BCUT2D eigenvalue weighted by Crippen LogP contribution is -2.30. The molecule has 17 heavy (non-hydrogen) atoms. The fourth-order valence-corrected chi connectivity index (χ4v) is 1.80. The Hall–Kier alpha value is -1.82. The molecule has 0 aromatic heterocycles. The zero-order valence-electron chi connectivity index (χ0n) is 10.0. The quantitative estimate of drug-likeness (QED) is 0.790. The van der Waals surface area contributed by atoms with Gasteiger partial charge < -0.3 is 4.90 Å². The van der Waals surface area contributed by atoms with Crippen molar-refractivity contribution in [3.05, 3.63) is 35.4 Å². The highest BCUT2D eigenvalue weighted by atomic mass is 16.2. The van der Waals surface area contributed by atoms with Gasteiger partial charge in [-0.05, 0) is 36.5 Å². The van der Waals surface area contributed by atoms with Crippen LogP contribution in [0.5, 0.6) is 0 Å². The SMILES string of the molecule is CN(CC1CC1)C(=O)Cc1ccc(C#N)cc1. The molecule has 0 spiro atoms. The minimum absolute atomic E-state index is 0.154. The van der Waals surface area contributed by atoms with E-state index in [4.69, 9.17) is 5.26 Å². The molecule has 1 aliphatic rings. The second-order valence-corrected chi connectivity index (χ2v) is 4.70. The number of nitriles is 1. The molecule has 1 aromatic carbocycles. The van der Waals surface area contributed by atoms with E-state index in [2.05, 4.69) is 6.07 Å². The molecule has 1 saturated carbocycles. The summed E-state index contributed by atoms with van der Waals surface area (Å²) in [7, 11) is 1.87. The number of likely N-dealkylation sites (N-methyl/N-ethyl adjacent to an activating group) is 1. The van der Waals surface area contributed by atoms with Gasteiger partial charge in [-0.1, -0.05) is 12.1 Å². The predicted octanol–water partition coefficient (Wildman–Crippen LogP) is 1.97. The Bertz CT molecular complexity index is 440. The molecule has 0 saturated heterocycles. The van der Waals surface area contributed by atoms with Crippen molar-refractivity contribution in [3.63, 3.8) is 0 Å². The Morgan fingerprint density at radius 3 is 2.59 bits per heavy atom. The minimum Gasteiger partial charge on any atom is -0.345 e. The number of benzene rings is 1. The summed E-state index contributed by atoms with van der Waals surface area (Å²) < 4.78 is 0. The summed E-state index contributed by atoms with van der Waals surface area (Å²) in [4.78, 5) is 13.7. The van der Waals surface area contributed by atoms with E-state index in [-0.39, 0.29) is 5.91 Å². The number of rotatable bonds is 4. The molecule has 2 rings (SSSR count). The molecule has 3 heteroatoms. The van der Waals surface area contributed by atoms with E-state index in [1.165, 1.54) is 12.8 Å². The van der Waals surface area contributed by atoms with Crippen molar-refractivity contribution in [2.75, 3.05) is 13.6 Å². The maximum absolute atomic E-state index is 11.9. The number of hydrogen-bond acceptors (Lipinski definition) is 2. The lowest BCUT2D eigenvalue weighted by Gasteiger charge is -2.16. The Labute approximate surface area is 102 Å². The third-order valence-electron chi connectivity index (χ3n) is 3.09. The molecule has 0 unspecified atom stereocenters. The first-order chi connectivity index (χ1) is 8.19. The fraction of sp³-hybridized carbons (Fsp3) is 0.429. The monoisotopic (exact) mass is 228 g/mol. The smallest absolute Gasteiger partial charge is 0.226 e. The second-order valence-electron chi connectivity index (χ2n) is 4.70. The molecule has 1 fully saturated rings. The average molecular weight is 228 g/mol. The normalized spacial score (nSPS) is 14.1. The van der Waals surface area contributed by atoms with E-state index in [1.807, 2.05) is 24.1 Å². The van der Waals surface area contributed by atoms with Crippen LogP contribution in [0.1, 0.15) is 24.0 Å². The Morgan fingerprint density at radius 1 is 1.41 bits per heavy atom. The Balaban J connectivity index is 1.90. The van der Waals surface area contributed by atoms with E-state index in [0.29, 0.717) is 12.0 Å². The van der Waals surface area contributed by atoms with Crippen LogP contribution in [0.2, 0.25) is 0 Å². The standard InChI is InChI=1S/C14H16N2O/c1-16(10-13-6-7-13)14(17)8-11-2-4-12(9-15)5-3-11/h2-5,13H,6-8,10H2,1H3. The topological polar surface area (TPSA) is 44.1 Å². The van der Waals surface area contributed by atoms with Gasteiger partial charge in [0.25, 0.3) is 0 Å². The van der Waals surface area contributed by atoms with Gasteiger partial charge in [-0.15, -0.1) is 0 Å². The molecule has 0 radical (unpaired) electrons. The molecule has 0 atom stereocenters. The molecular formula is C14H16N2O. The molecule has 0 bridgehead atoms. The van der Waals surface area contributed by atoms with Crippen molar-refractivity contribution < 1.29 is 4.79 Å². The molecular weight excluding hydrogens is 212 g/mol. The van der Waals surface area contributed by atoms with Crippen molar-refractivity contribution in [1.82, 2.24) is 4.90 Å². The number of carbonyl (C=O) groups is 1. The van der Waals surface area contributed by atoms with Crippen LogP contribution in [0.15, 0.2) is 24.3 Å². The summed E-state index contributed by atoms with van der Waals surface area (Å²) in [5, 5.41) is 8.68. The van der Waals surface area contributed by atoms with Crippen LogP contribution in [0.4, 0.5) is 0 Å². The molecule has 1 aromatic rings. The van der Waals surface area contributed by atoms with E-state index < -0.39 is 0 Å². The van der Waals surface area contributed by atoms with E-state index in [1.54, 1.807) is 12.1 Å². The summed E-state index contributed by atoms with van der Waals surface area (Å²) in [6.45, 7) is 0.884. The maximum atomic E-state index is 11.9. The maximum Gasteiger partial charge on any atom is 0.226 e. The lowest BCUT2D eigenvalue weighted by atomic mass is 10.1. The zero-order valence-corrected chi connectivity index (χ0v) is 10.0. The third kappa shape index (κ3) is 3.32. The average Bonchev–Trinajstić information content (AvgIpc) is 3.14. The molecule has 3 nitrogen and oxygen atoms in total. The van der Waals surface area contributed by atoms with Crippen molar-refractivity contribution in [1.29, 1.82) is 5.26 Å². The Morgan fingerprint density at radius 2 is 2.06 bits per heavy atom. The predicted molar refractivity (Wildman–Crippen MR) is 65.2 cm³/mol. The van der Waals surface area contributed by atoms with E-state index in [0.717, 1.165) is 18.0 Å². The van der Waals surface area contributed by atoms with Crippen LogP contribution in [-0.4, -0.2) is 24.4 Å². The summed E-state index contributed by atoms with van der Waals surface area (Å²) in [5.41, 5.74) is 1.60. The van der Waals surface area contributed by atoms with Crippen molar-refractivity contribution >= 4 is 5.91 Å². The molecule has 0 heterocycles. The lowest BCUT2D eigenvalue weighted by molar-refractivity contribution is -0.129. The summed E-state index contributed by atoms with van der Waals surface area (Å²) >= 11 is 0. The number of nitrogens with zero attached hydrogens (tertiary/aromatic N) is 2. The Kier molecular flexibility index (Phi) is 3.43. The van der Waals surface area contributed by atoms with Gasteiger partial charge in [0, 0.05) is 13.6 Å². The number of hydrogen-bond donors (Lipinski definition) is 0. The van der Waals surface area contributed by atoms with Crippen LogP contribution >= 0.6 is 0 Å². The van der Waals surface area contributed by atoms with Gasteiger partial charge >= 0.3 is 0 Å². The van der Waals surface area contributed by atoms with Gasteiger partial charge in [-0.3, -0.25) is 4.79 Å². The van der Waals surface area contributed by atoms with Crippen molar-refractivity contribution in [2.45, 2.75) is 19.3 Å². The van der Waals surface area contributed by atoms with Gasteiger partial charge in [0.2, 0.25) is 5.91 Å². The zero-order chi connectivity index (χ0) is 12.3. The first-order valence-corrected chi connectivity index (χ1v) is 5.92. The van der Waals surface area contributed by atoms with Crippen LogP contribution in [-0.2, 0) is 11.2 Å². The van der Waals surface area contributed by atoms with Crippen molar-refractivity contribution in [3.8, 4) is 6.07 Å². The fourth-order valence-electron chi connectivity index (χ4n) is 1.80. The highest BCUT2D eigenvalue weighted by Gasteiger charge is 2.24.